The number of hydrogen-bond donors (Lipinski definition) is 2. The highest BCUT2D eigenvalue weighted by Gasteiger charge is 2.36. The molecule has 4 N–H and O–H groups in total. The van der Waals surface area contributed by atoms with Gasteiger partial charge < -0.3 is 20.1 Å². The Morgan fingerprint density at radius 3 is 1.41 bits per heavy atom. The van der Waals surface area contributed by atoms with E-state index in [1.807, 2.05) is 0 Å². The monoisotopic (exact) mass is 490 g/mol. The first-order valence-electron chi connectivity index (χ1n) is 12.5. The summed E-state index contributed by atoms with van der Waals surface area (Å²) in [7, 11) is 3.56. The van der Waals surface area contributed by atoms with Crippen LogP contribution < -0.4 is 10.6 Å². The normalized spacial score (nSPS) is 19.0. The van der Waals surface area contributed by atoms with Gasteiger partial charge in [0.2, 0.25) is 0 Å². The number of ether oxygens (including phenoxy) is 2. The first-order chi connectivity index (χ1) is 15.2. The molecule has 2 saturated heterocycles. The van der Waals surface area contributed by atoms with E-state index >= 15 is 0 Å². The van der Waals surface area contributed by atoms with Crippen molar-refractivity contribution in [3.05, 3.63) is 0 Å². The quantitative estimate of drug-likeness (QED) is 0.234. The maximum atomic E-state index is 12.2. The van der Waals surface area contributed by atoms with Crippen LogP contribution in [0.3, 0.4) is 0 Å². The van der Waals surface area contributed by atoms with E-state index in [-0.39, 0.29) is 23.1 Å². The molecule has 0 unspecified atom stereocenters. The van der Waals surface area contributed by atoms with Crippen LogP contribution >= 0.6 is 21.6 Å². The predicted molar refractivity (Wildman–Crippen MR) is 132 cm³/mol. The lowest BCUT2D eigenvalue weighted by Crippen LogP contribution is -2.86. The fourth-order valence-corrected chi connectivity index (χ4v) is 6.94. The van der Waals surface area contributed by atoms with Gasteiger partial charge in [-0.2, -0.15) is 0 Å². The Labute approximate surface area is 202 Å². The summed E-state index contributed by atoms with van der Waals surface area (Å²) in [6.45, 7) is 12.8. The van der Waals surface area contributed by atoms with Crippen molar-refractivity contribution < 1.29 is 29.7 Å². The molecule has 0 aromatic heterocycles. The van der Waals surface area contributed by atoms with Crippen LogP contribution in [0, 0.1) is 11.8 Å². The molecule has 32 heavy (non-hydrogen) atoms. The minimum atomic E-state index is -0.355. The van der Waals surface area contributed by atoms with Gasteiger partial charge in [0.25, 0.3) is 0 Å². The second kappa shape index (κ2) is 14.1. The molecule has 0 spiro atoms. The highest BCUT2D eigenvalue weighted by Crippen LogP contribution is 2.30. The Bertz CT molecular complexity index is 524. The van der Waals surface area contributed by atoms with Gasteiger partial charge in [0.1, 0.15) is 11.2 Å². The number of carbonyl (C=O) groups excluding carboxylic acids is 2. The van der Waals surface area contributed by atoms with Gasteiger partial charge in [-0.05, 0) is 40.5 Å². The first-order valence-corrected chi connectivity index (χ1v) is 15.0. The summed E-state index contributed by atoms with van der Waals surface area (Å²) in [6.07, 6.45) is 7.12. The molecule has 0 bridgehead atoms. The number of carbonyl (C=O) groups is 2. The third-order valence-electron chi connectivity index (χ3n) is 6.90. The molecule has 2 heterocycles. The van der Waals surface area contributed by atoms with Crippen molar-refractivity contribution in [3.8, 4) is 0 Å². The molecule has 0 atom stereocenters. The lowest BCUT2D eigenvalue weighted by molar-refractivity contribution is -0.666. The van der Waals surface area contributed by atoms with Crippen molar-refractivity contribution >= 4 is 33.5 Å². The summed E-state index contributed by atoms with van der Waals surface area (Å²) in [5.74, 6) is 2.65. The lowest BCUT2D eigenvalue weighted by atomic mass is 9.83. The highest BCUT2D eigenvalue weighted by atomic mass is 33.1. The SMILES string of the molecule is CC(C)(OC(=O)CCCSSCCCC(=O)OC(C)(C)C1CC[NH2+]CC1)C1CC[NH2+]CC1. The number of nitrogens with two attached hydrogens (primary N) is 2. The van der Waals surface area contributed by atoms with Crippen molar-refractivity contribution in [2.75, 3.05) is 37.7 Å². The molecule has 0 radical (unpaired) electrons. The summed E-state index contributed by atoms with van der Waals surface area (Å²) in [4.78, 5) is 24.5. The molecule has 2 aliphatic heterocycles. The Hall–Kier alpha value is -0.440. The molecule has 6 nitrogen and oxygen atoms in total. The zero-order valence-corrected chi connectivity index (χ0v) is 22.3. The molecule has 0 saturated carbocycles. The van der Waals surface area contributed by atoms with Crippen LogP contribution in [0.5, 0.6) is 0 Å². The van der Waals surface area contributed by atoms with E-state index in [4.69, 9.17) is 9.47 Å². The van der Waals surface area contributed by atoms with E-state index in [1.54, 1.807) is 21.6 Å². The lowest BCUT2D eigenvalue weighted by Gasteiger charge is -2.35. The molecule has 2 fully saturated rings. The number of rotatable bonds is 13. The molecule has 186 valence electrons. The van der Waals surface area contributed by atoms with Gasteiger partial charge in [0.15, 0.2) is 0 Å². The van der Waals surface area contributed by atoms with Crippen molar-refractivity contribution in [1.29, 1.82) is 0 Å². The summed E-state index contributed by atoms with van der Waals surface area (Å²) >= 11 is 0. The minimum Gasteiger partial charge on any atom is -0.459 e. The minimum absolute atomic E-state index is 0.0728. The van der Waals surface area contributed by atoms with E-state index in [1.165, 1.54) is 0 Å². The van der Waals surface area contributed by atoms with Crippen LogP contribution in [-0.4, -0.2) is 60.8 Å². The number of quaternary nitrogens is 2. The summed E-state index contributed by atoms with van der Waals surface area (Å²) in [5.41, 5.74) is -0.711. The van der Waals surface area contributed by atoms with Gasteiger partial charge in [0.05, 0.1) is 26.2 Å². The zero-order chi connectivity index (χ0) is 23.5. The largest absolute Gasteiger partial charge is 0.459 e. The van der Waals surface area contributed by atoms with Crippen LogP contribution in [0.1, 0.15) is 79.1 Å². The van der Waals surface area contributed by atoms with Crippen molar-refractivity contribution in [1.82, 2.24) is 0 Å². The van der Waals surface area contributed by atoms with Crippen LogP contribution in [-0.2, 0) is 19.1 Å². The van der Waals surface area contributed by atoms with Gasteiger partial charge in [-0.3, -0.25) is 9.59 Å². The molecule has 2 aliphatic rings. The Morgan fingerprint density at radius 2 is 1.06 bits per heavy atom. The first kappa shape index (κ1) is 27.8. The summed E-state index contributed by atoms with van der Waals surface area (Å²) in [6, 6.07) is 0. The third kappa shape index (κ3) is 10.2. The van der Waals surface area contributed by atoms with E-state index in [2.05, 4.69) is 38.3 Å². The van der Waals surface area contributed by atoms with Crippen LogP contribution in [0.15, 0.2) is 0 Å². The number of piperidine rings is 2. The standard InChI is InChI=1S/C24H44N2O4S2/c1-23(2,19-9-13-25-14-10-19)29-21(27)7-5-17-31-32-18-6-8-22(28)30-24(3,4)20-11-15-26-16-12-20/h19-20,25-26H,5-18H2,1-4H3/p+2. The predicted octanol–water partition coefficient (Wildman–Crippen LogP) is 2.52. The zero-order valence-electron chi connectivity index (χ0n) is 20.7. The van der Waals surface area contributed by atoms with Gasteiger partial charge in [0, 0.05) is 61.9 Å². The molecule has 8 heteroatoms. The Balaban J connectivity index is 1.47. The maximum Gasteiger partial charge on any atom is 0.306 e. The van der Waals surface area contributed by atoms with E-state index < -0.39 is 0 Å². The topological polar surface area (TPSA) is 85.8 Å². The van der Waals surface area contributed by atoms with Gasteiger partial charge in [-0.25, -0.2) is 0 Å². The van der Waals surface area contributed by atoms with Gasteiger partial charge in [-0.1, -0.05) is 21.6 Å². The molecular formula is C24H46N2O4S2+2. The van der Waals surface area contributed by atoms with E-state index in [0.29, 0.717) is 24.7 Å². The Kier molecular flexibility index (Phi) is 12.2. The molecule has 0 aliphatic carbocycles. The highest BCUT2D eigenvalue weighted by molar-refractivity contribution is 8.76. The summed E-state index contributed by atoms with van der Waals surface area (Å²) in [5, 5.41) is 4.67. The average Bonchev–Trinajstić information content (AvgIpc) is 2.76. The second-order valence-corrected chi connectivity index (χ2v) is 13.0. The molecule has 0 amide bonds. The maximum absolute atomic E-state index is 12.2. The molecule has 2 rings (SSSR count). The molecule has 0 aromatic carbocycles. The van der Waals surface area contributed by atoms with Crippen molar-refractivity contribution in [2.45, 2.75) is 90.3 Å². The Morgan fingerprint density at radius 1 is 0.719 bits per heavy atom. The van der Waals surface area contributed by atoms with Crippen LogP contribution in [0.4, 0.5) is 0 Å². The van der Waals surface area contributed by atoms with Crippen LogP contribution in [0.25, 0.3) is 0 Å². The van der Waals surface area contributed by atoms with E-state index in [0.717, 1.165) is 76.2 Å². The molecule has 0 aromatic rings. The smallest absolute Gasteiger partial charge is 0.306 e. The second-order valence-electron chi connectivity index (χ2n) is 10.3. The van der Waals surface area contributed by atoms with Crippen molar-refractivity contribution in [2.24, 2.45) is 11.8 Å². The fourth-order valence-electron chi connectivity index (χ4n) is 4.77. The van der Waals surface area contributed by atoms with Crippen molar-refractivity contribution in [3.63, 3.8) is 0 Å². The summed E-state index contributed by atoms with van der Waals surface area (Å²) < 4.78 is 11.6. The average molecular weight is 491 g/mol. The fraction of sp³-hybridized carbons (Fsp3) is 0.917. The van der Waals surface area contributed by atoms with Gasteiger partial charge >= 0.3 is 11.9 Å². The van der Waals surface area contributed by atoms with Gasteiger partial charge in [-0.15, -0.1) is 0 Å². The third-order valence-corrected chi connectivity index (χ3v) is 9.47. The van der Waals surface area contributed by atoms with E-state index in [9.17, 15) is 9.59 Å². The number of esters is 2. The number of hydrogen-bond acceptors (Lipinski definition) is 6. The van der Waals surface area contributed by atoms with Crippen LogP contribution in [0.2, 0.25) is 0 Å². The molecular weight excluding hydrogens is 444 g/mol.